The van der Waals surface area contributed by atoms with Gasteiger partial charge < -0.3 is 10.8 Å². The first kappa shape index (κ1) is 16.9. The Balaban J connectivity index is 1.72. The van der Waals surface area contributed by atoms with Crippen molar-refractivity contribution in [3.8, 4) is 11.3 Å². The number of fused-ring (bicyclic) bond motifs is 2. The Kier molecular flexibility index (Phi) is 4.06. The molecule has 0 saturated heterocycles. The van der Waals surface area contributed by atoms with Crippen molar-refractivity contribution in [1.82, 2.24) is 19.7 Å². The first-order valence-electron chi connectivity index (χ1n) is 9.53. The fourth-order valence-corrected chi connectivity index (χ4v) is 4.17. The Morgan fingerprint density at radius 2 is 1.89 bits per heavy atom. The second kappa shape index (κ2) is 6.73. The highest BCUT2D eigenvalue weighted by molar-refractivity contribution is 5.98. The van der Waals surface area contributed by atoms with E-state index in [1.165, 1.54) is 17.5 Å². The van der Waals surface area contributed by atoms with E-state index in [9.17, 15) is 5.11 Å². The molecule has 5 rings (SSSR count). The van der Waals surface area contributed by atoms with Gasteiger partial charge in [0.25, 0.3) is 0 Å². The predicted molar refractivity (Wildman–Crippen MR) is 109 cm³/mol. The molecule has 6 heteroatoms. The van der Waals surface area contributed by atoms with Gasteiger partial charge in [0.1, 0.15) is 17.8 Å². The summed E-state index contributed by atoms with van der Waals surface area (Å²) >= 11 is 0. The molecule has 1 aliphatic rings. The van der Waals surface area contributed by atoms with Crippen LogP contribution in [-0.4, -0.2) is 24.9 Å². The summed E-state index contributed by atoms with van der Waals surface area (Å²) in [6.45, 7) is 0.0135. The summed E-state index contributed by atoms with van der Waals surface area (Å²) in [5, 5.41) is 15.1. The summed E-state index contributed by atoms with van der Waals surface area (Å²) in [6.07, 6.45) is 4.73. The number of nitrogens with two attached hydrogens (primary N) is 1. The molecule has 140 valence electrons. The fourth-order valence-electron chi connectivity index (χ4n) is 4.17. The van der Waals surface area contributed by atoms with E-state index in [4.69, 9.17) is 10.8 Å². The maximum atomic E-state index is 9.32. The average Bonchev–Trinajstić information content (AvgIpc) is 3.14. The topological polar surface area (TPSA) is 89.8 Å². The van der Waals surface area contributed by atoms with Crippen LogP contribution in [0.25, 0.3) is 22.3 Å². The van der Waals surface area contributed by atoms with E-state index in [0.717, 1.165) is 47.1 Å². The van der Waals surface area contributed by atoms with Gasteiger partial charge in [0.05, 0.1) is 18.0 Å². The molecule has 0 amide bonds. The summed E-state index contributed by atoms with van der Waals surface area (Å²) in [5.41, 5.74) is 12.3. The molecule has 0 aliphatic heterocycles. The molecular weight excluding hydrogens is 350 g/mol. The molecule has 2 heterocycles. The van der Waals surface area contributed by atoms with Crippen LogP contribution in [0.5, 0.6) is 0 Å². The lowest BCUT2D eigenvalue weighted by molar-refractivity contribution is 0.282. The molecule has 0 bridgehead atoms. The Hall–Kier alpha value is -3.25. The third kappa shape index (κ3) is 2.65. The summed E-state index contributed by atoms with van der Waals surface area (Å²) in [5.74, 6) is 0.432. The van der Waals surface area contributed by atoms with Crippen molar-refractivity contribution in [2.45, 2.75) is 31.9 Å². The second-order valence-corrected chi connectivity index (χ2v) is 7.21. The molecule has 1 unspecified atom stereocenters. The summed E-state index contributed by atoms with van der Waals surface area (Å²) < 4.78 is 2.01. The maximum absolute atomic E-state index is 9.32. The van der Waals surface area contributed by atoms with E-state index < -0.39 is 0 Å². The number of aliphatic hydroxyl groups excluding tert-OH is 1. The van der Waals surface area contributed by atoms with E-state index in [1.807, 2.05) is 28.9 Å². The zero-order chi connectivity index (χ0) is 19.1. The fraction of sp³-hybridized carbons (Fsp3) is 0.227. The highest BCUT2D eigenvalue weighted by Crippen LogP contribution is 2.37. The number of rotatable bonds is 3. The third-order valence-corrected chi connectivity index (χ3v) is 5.56. The number of hydrogen-bond acceptors (Lipinski definition) is 5. The highest BCUT2D eigenvalue weighted by Gasteiger charge is 2.26. The van der Waals surface area contributed by atoms with Crippen LogP contribution < -0.4 is 5.73 Å². The van der Waals surface area contributed by atoms with E-state index in [-0.39, 0.29) is 12.6 Å². The molecule has 4 aromatic rings. The molecule has 28 heavy (non-hydrogen) atoms. The molecule has 2 aromatic heterocycles. The lowest BCUT2D eigenvalue weighted by Crippen LogP contribution is -2.18. The van der Waals surface area contributed by atoms with Crippen LogP contribution in [0.4, 0.5) is 5.82 Å². The Bertz CT molecular complexity index is 1150. The molecule has 0 spiro atoms. The molecular formula is C22H21N5O. The zero-order valence-electron chi connectivity index (χ0n) is 15.4. The quantitative estimate of drug-likeness (QED) is 0.575. The van der Waals surface area contributed by atoms with E-state index >= 15 is 0 Å². The maximum Gasteiger partial charge on any atom is 0.164 e. The average molecular weight is 371 g/mol. The van der Waals surface area contributed by atoms with Crippen molar-refractivity contribution in [2.24, 2.45) is 0 Å². The predicted octanol–water partition coefficient (Wildman–Crippen LogP) is 3.49. The van der Waals surface area contributed by atoms with Crippen molar-refractivity contribution in [3.05, 3.63) is 71.5 Å². The highest BCUT2D eigenvalue weighted by atomic mass is 16.3. The van der Waals surface area contributed by atoms with Gasteiger partial charge in [-0.1, -0.05) is 48.5 Å². The first-order valence-corrected chi connectivity index (χ1v) is 9.53. The van der Waals surface area contributed by atoms with Crippen molar-refractivity contribution in [3.63, 3.8) is 0 Å². The monoisotopic (exact) mass is 371 g/mol. The largest absolute Gasteiger partial charge is 0.392 e. The van der Waals surface area contributed by atoms with Crippen molar-refractivity contribution in [1.29, 1.82) is 0 Å². The second-order valence-electron chi connectivity index (χ2n) is 7.21. The number of benzene rings is 2. The molecule has 0 saturated carbocycles. The van der Waals surface area contributed by atoms with Gasteiger partial charge in [0.15, 0.2) is 5.65 Å². The lowest BCUT2D eigenvalue weighted by Gasteiger charge is -2.26. The van der Waals surface area contributed by atoms with Crippen LogP contribution in [-0.2, 0) is 13.0 Å². The number of hydrogen-bond donors (Lipinski definition) is 2. The smallest absolute Gasteiger partial charge is 0.164 e. The molecule has 3 N–H and O–H groups in total. The normalized spacial score (nSPS) is 16.2. The Morgan fingerprint density at radius 3 is 2.71 bits per heavy atom. The number of aryl methyl sites for hydroxylation is 1. The van der Waals surface area contributed by atoms with Gasteiger partial charge in [-0.05, 0) is 36.0 Å². The number of nitrogen functional groups attached to an aromatic ring is 1. The summed E-state index contributed by atoms with van der Waals surface area (Å²) in [7, 11) is 0. The van der Waals surface area contributed by atoms with Crippen LogP contribution >= 0.6 is 0 Å². The first-order chi connectivity index (χ1) is 13.8. The molecule has 2 aromatic carbocycles. The van der Waals surface area contributed by atoms with Crippen LogP contribution in [0.3, 0.4) is 0 Å². The SMILES string of the molecule is Nc1ncnc2c1c(-c1ccc(CO)cc1)nn2C1CCCc2ccccc21. The van der Waals surface area contributed by atoms with Crippen molar-refractivity contribution < 1.29 is 5.11 Å². The molecule has 0 fully saturated rings. The van der Waals surface area contributed by atoms with Gasteiger partial charge in [-0.15, -0.1) is 0 Å². The van der Waals surface area contributed by atoms with Gasteiger partial charge in [-0.3, -0.25) is 0 Å². The van der Waals surface area contributed by atoms with Crippen LogP contribution in [0.15, 0.2) is 54.9 Å². The Morgan fingerprint density at radius 1 is 1.07 bits per heavy atom. The van der Waals surface area contributed by atoms with Crippen LogP contribution in [0.2, 0.25) is 0 Å². The number of aliphatic hydroxyl groups is 1. The van der Waals surface area contributed by atoms with Gasteiger partial charge in [0, 0.05) is 5.56 Å². The minimum absolute atomic E-state index is 0.0135. The molecule has 0 radical (unpaired) electrons. The Labute approximate surface area is 162 Å². The van der Waals surface area contributed by atoms with Crippen molar-refractivity contribution >= 4 is 16.9 Å². The molecule has 1 atom stereocenters. The third-order valence-electron chi connectivity index (χ3n) is 5.56. The van der Waals surface area contributed by atoms with Crippen LogP contribution in [0, 0.1) is 0 Å². The van der Waals surface area contributed by atoms with Gasteiger partial charge in [-0.2, -0.15) is 5.10 Å². The molecule has 6 nitrogen and oxygen atoms in total. The number of aromatic nitrogens is 4. The van der Waals surface area contributed by atoms with Gasteiger partial charge >= 0.3 is 0 Å². The van der Waals surface area contributed by atoms with Crippen LogP contribution in [0.1, 0.15) is 35.6 Å². The standard InChI is InChI=1S/C22H21N5O/c23-21-19-20(16-10-8-14(12-28)9-11-16)26-27(22(19)25-13-24-21)18-7-3-5-15-4-1-2-6-17(15)18/h1-2,4,6,8-11,13,18,28H,3,5,7,12H2,(H2,23,24,25). The van der Waals surface area contributed by atoms with E-state index in [0.29, 0.717) is 5.82 Å². The summed E-state index contributed by atoms with van der Waals surface area (Å²) in [6, 6.07) is 16.4. The summed E-state index contributed by atoms with van der Waals surface area (Å²) in [4.78, 5) is 8.74. The lowest BCUT2D eigenvalue weighted by atomic mass is 9.88. The molecule has 1 aliphatic carbocycles. The van der Waals surface area contributed by atoms with E-state index in [1.54, 1.807) is 0 Å². The minimum Gasteiger partial charge on any atom is -0.392 e. The van der Waals surface area contributed by atoms with Gasteiger partial charge in [-0.25, -0.2) is 14.6 Å². The number of anilines is 1. The zero-order valence-corrected chi connectivity index (χ0v) is 15.4. The minimum atomic E-state index is 0.0135. The number of nitrogens with zero attached hydrogens (tertiary/aromatic N) is 4. The van der Waals surface area contributed by atoms with Gasteiger partial charge in [0.2, 0.25) is 0 Å². The van der Waals surface area contributed by atoms with E-state index in [2.05, 4.69) is 34.2 Å². The van der Waals surface area contributed by atoms with Crippen molar-refractivity contribution in [2.75, 3.05) is 5.73 Å².